The van der Waals surface area contributed by atoms with Crippen LogP contribution in [0.3, 0.4) is 0 Å². The fraction of sp³-hybridized carbons (Fsp3) is 0.118. The van der Waals surface area contributed by atoms with Crippen molar-refractivity contribution in [2.45, 2.75) is 13.1 Å². The van der Waals surface area contributed by atoms with Crippen LogP contribution in [0.15, 0.2) is 60.1 Å². The molecule has 0 saturated carbocycles. The first-order valence-corrected chi connectivity index (χ1v) is 7.64. The Morgan fingerprint density at radius 3 is 2.76 bits per heavy atom. The summed E-state index contributed by atoms with van der Waals surface area (Å²) in [7, 11) is 0. The molecule has 1 aromatic carbocycles. The second-order valence-electron chi connectivity index (χ2n) is 4.72. The predicted octanol–water partition coefficient (Wildman–Crippen LogP) is 4.24. The summed E-state index contributed by atoms with van der Waals surface area (Å²) in [5.74, 6) is -0.175. The average Bonchev–Trinajstić information content (AvgIpc) is 3.04. The number of hydrogen-bond donors (Lipinski definition) is 1. The van der Waals surface area contributed by atoms with E-state index in [1.54, 1.807) is 17.5 Å². The van der Waals surface area contributed by atoms with Gasteiger partial charge in [0, 0.05) is 29.7 Å². The van der Waals surface area contributed by atoms with E-state index in [9.17, 15) is 4.39 Å². The molecule has 2 nitrogen and oxygen atoms in total. The lowest BCUT2D eigenvalue weighted by atomic mass is 10.1. The Morgan fingerprint density at radius 2 is 2.00 bits per heavy atom. The summed E-state index contributed by atoms with van der Waals surface area (Å²) >= 11 is 1.55. The van der Waals surface area contributed by atoms with Crippen molar-refractivity contribution in [2.75, 3.05) is 0 Å². The number of thiophene rings is 1. The molecule has 2 heterocycles. The van der Waals surface area contributed by atoms with Crippen LogP contribution in [-0.4, -0.2) is 4.98 Å². The lowest BCUT2D eigenvalue weighted by molar-refractivity contribution is 0.628. The first-order valence-electron chi connectivity index (χ1n) is 6.76. The van der Waals surface area contributed by atoms with E-state index < -0.39 is 0 Å². The molecule has 0 amide bonds. The third-order valence-corrected chi connectivity index (χ3v) is 4.08. The van der Waals surface area contributed by atoms with Crippen LogP contribution in [0.25, 0.3) is 10.4 Å². The highest BCUT2D eigenvalue weighted by molar-refractivity contribution is 7.13. The van der Waals surface area contributed by atoms with Crippen LogP contribution in [-0.2, 0) is 13.1 Å². The summed E-state index contributed by atoms with van der Waals surface area (Å²) in [5, 5.41) is 5.29. The molecule has 106 valence electrons. The Balaban J connectivity index is 1.68. The maximum absolute atomic E-state index is 13.9. The summed E-state index contributed by atoms with van der Waals surface area (Å²) < 4.78 is 13.9. The highest BCUT2D eigenvalue weighted by atomic mass is 32.1. The van der Waals surface area contributed by atoms with Crippen LogP contribution < -0.4 is 5.32 Å². The Morgan fingerprint density at radius 1 is 1.05 bits per heavy atom. The monoisotopic (exact) mass is 298 g/mol. The highest BCUT2D eigenvalue weighted by Crippen LogP contribution is 2.28. The van der Waals surface area contributed by atoms with E-state index in [1.165, 1.54) is 6.07 Å². The van der Waals surface area contributed by atoms with Gasteiger partial charge in [-0.3, -0.25) is 4.98 Å². The zero-order valence-corrected chi connectivity index (χ0v) is 12.2. The van der Waals surface area contributed by atoms with Crippen molar-refractivity contribution in [1.82, 2.24) is 10.3 Å². The first kappa shape index (κ1) is 13.9. The van der Waals surface area contributed by atoms with Crippen molar-refractivity contribution in [1.29, 1.82) is 0 Å². The second-order valence-corrected chi connectivity index (χ2v) is 5.66. The van der Waals surface area contributed by atoms with Crippen molar-refractivity contribution >= 4 is 11.3 Å². The molecule has 3 rings (SSSR count). The largest absolute Gasteiger partial charge is 0.307 e. The molecule has 0 bridgehead atoms. The van der Waals surface area contributed by atoms with E-state index in [-0.39, 0.29) is 5.82 Å². The van der Waals surface area contributed by atoms with Crippen molar-refractivity contribution < 1.29 is 4.39 Å². The molecule has 0 atom stereocenters. The van der Waals surface area contributed by atoms with Gasteiger partial charge in [-0.25, -0.2) is 4.39 Å². The maximum atomic E-state index is 13.9. The molecule has 3 aromatic rings. The molecule has 0 fully saturated rings. The molecule has 1 N–H and O–H groups in total. The highest BCUT2D eigenvalue weighted by Gasteiger charge is 2.07. The van der Waals surface area contributed by atoms with Crippen molar-refractivity contribution in [3.05, 3.63) is 77.2 Å². The van der Waals surface area contributed by atoms with Gasteiger partial charge in [0.2, 0.25) is 0 Å². The quantitative estimate of drug-likeness (QED) is 0.762. The standard InChI is InChI=1S/C17H15FN2S/c18-16-7-6-13(10-15(16)17-5-3-9-21-17)11-19-12-14-4-1-2-8-20-14/h1-10,19H,11-12H2. The van der Waals surface area contributed by atoms with Gasteiger partial charge in [-0.05, 0) is 41.3 Å². The van der Waals surface area contributed by atoms with Crippen LogP contribution in [0.2, 0.25) is 0 Å². The number of benzene rings is 1. The number of halogens is 1. The van der Waals surface area contributed by atoms with Gasteiger partial charge in [-0.15, -0.1) is 11.3 Å². The Bertz CT molecular complexity index is 696. The van der Waals surface area contributed by atoms with E-state index in [1.807, 2.05) is 47.8 Å². The molecule has 2 aromatic heterocycles. The number of rotatable bonds is 5. The molecule has 0 aliphatic heterocycles. The number of pyridine rings is 1. The lowest BCUT2D eigenvalue weighted by Gasteiger charge is -2.07. The van der Waals surface area contributed by atoms with Gasteiger partial charge in [-0.2, -0.15) is 0 Å². The number of nitrogens with zero attached hydrogens (tertiary/aromatic N) is 1. The average molecular weight is 298 g/mol. The third kappa shape index (κ3) is 3.54. The molecular weight excluding hydrogens is 283 g/mol. The van der Waals surface area contributed by atoms with Crippen molar-refractivity contribution in [3.8, 4) is 10.4 Å². The zero-order chi connectivity index (χ0) is 14.5. The van der Waals surface area contributed by atoms with Gasteiger partial charge in [-0.1, -0.05) is 18.2 Å². The van der Waals surface area contributed by atoms with Gasteiger partial charge < -0.3 is 5.32 Å². The molecule has 0 unspecified atom stereocenters. The predicted molar refractivity (Wildman–Crippen MR) is 84.5 cm³/mol. The number of aromatic nitrogens is 1. The Kier molecular flexibility index (Phi) is 4.38. The fourth-order valence-electron chi connectivity index (χ4n) is 2.14. The zero-order valence-electron chi connectivity index (χ0n) is 11.4. The van der Waals surface area contributed by atoms with E-state index in [2.05, 4.69) is 10.3 Å². The summed E-state index contributed by atoms with van der Waals surface area (Å²) in [5.41, 5.74) is 2.73. The fourth-order valence-corrected chi connectivity index (χ4v) is 2.88. The normalized spacial score (nSPS) is 10.7. The molecule has 0 saturated heterocycles. The lowest BCUT2D eigenvalue weighted by Crippen LogP contribution is -2.13. The summed E-state index contributed by atoms with van der Waals surface area (Å²) in [6, 6.07) is 15.0. The van der Waals surface area contributed by atoms with E-state index in [0.717, 1.165) is 16.1 Å². The summed E-state index contributed by atoms with van der Waals surface area (Å²) in [6.45, 7) is 1.39. The maximum Gasteiger partial charge on any atom is 0.131 e. The van der Waals surface area contributed by atoms with Gasteiger partial charge in [0.1, 0.15) is 5.82 Å². The Hall–Kier alpha value is -2.04. The van der Waals surface area contributed by atoms with E-state index >= 15 is 0 Å². The molecule has 0 aliphatic carbocycles. The molecule has 4 heteroatoms. The molecule has 0 radical (unpaired) electrons. The first-order chi connectivity index (χ1) is 10.3. The molecule has 0 aliphatic rings. The van der Waals surface area contributed by atoms with Crippen LogP contribution in [0.4, 0.5) is 4.39 Å². The van der Waals surface area contributed by atoms with Crippen LogP contribution in [0, 0.1) is 5.82 Å². The molecule has 0 spiro atoms. The van der Waals surface area contributed by atoms with Gasteiger partial charge in [0.25, 0.3) is 0 Å². The minimum atomic E-state index is -0.175. The van der Waals surface area contributed by atoms with Crippen molar-refractivity contribution in [2.24, 2.45) is 0 Å². The smallest absolute Gasteiger partial charge is 0.131 e. The number of hydrogen-bond acceptors (Lipinski definition) is 3. The van der Waals surface area contributed by atoms with Gasteiger partial charge in [0.15, 0.2) is 0 Å². The third-order valence-electron chi connectivity index (χ3n) is 3.18. The molecular formula is C17H15FN2S. The SMILES string of the molecule is Fc1ccc(CNCc2ccccn2)cc1-c1cccs1. The van der Waals surface area contributed by atoms with Crippen LogP contribution in [0.1, 0.15) is 11.3 Å². The minimum Gasteiger partial charge on any atom is -0.307 e. The number of nitrogens with one attached hydrogen (secondary N) is 1. The van der Waals surface area contributed by atoms with E-state index in [0.29, 0.717) is 18.7 Å². The van der Waals surface area contributed by atoms with Crippen molar-refractivity contribution in [3.63, 3.8) is 0 Å². The molecule has 21 heavy (non-hydrogen) atoms. The van der Waals surface area contributed by atoms with Gasteiger partial charge >= 0.3 is 0 Å². The second kappa shape index (κ2) is 6.61. The van der Waals surface area contributed by atoms with E-state index in [4.69, 9.17) is 0 Å². The van der Waals surface area contributed by atoms with Gasteiger partial charge in [0.05, 0.1) is 5.69 Å². The summed E-state index contributed by atoms with van der Waals surface area (Å²) in [4.78, 5) is 5.22. The topological polar surface area (TPSA) is 24.9 Å². The van der Waals surface area contributed by atoms with Crippen LogP contribution in [0.5, 0.6) is 0 Å². The van der Waals surface area contributed by atoms with Crippen LogP contribution >= 0.6 is 11.3 Å². The minimum absolute atomic E-state index is 0.175. The summed E-state index contributed by atoms with van der Waals surface area (Å²) in [6.07, 6.45) is 1.78. The Labute approximate surface area is 127 Å².